The van der Waals surface area contributed by atoms with E-state index >= 15 is 0 Å². The molecular formula is C38H45N2O12S2+. The topological polar surface area (TPSA) is 227 Å². The summed E-state index contributed by atoms with van der Waals surface area (Å²) in [6.45, 7) is 8.12. The summed E-state index contributed by atoms with van der Waals surface area (Å²) in [4.78, 5) is 37.3. The van der Waals surface area contributed by atoms with Crippen LogP contribution >= 0.6 is 0 Å². The molecule has 5 rings (SSSR count). The van der Waals surface area contributed by atoms with E-state index in [9.17, 15) is 45.4 Å². The fraction of sp³-hybridized carbons (Fsp3) is 0.421. The molecule has 2 aromatic rings. The van der Waals surface area contributed by atoms with Gasteiger partial charge in [0.1, 0.15) is 12.3 Å². The van der Waals surface area contributed by atoms with Crippen LogP contribution in [0.5, 0.6) is 0 Å². The van der Waals surface area contributed by atoms with Crippen molar-refractivity contribution < 1.29 is 60.2 Å². The van der Waals surface area contributed by atoms with Gasteiger partial charge in [-0.2, -0.15) is 21.4 Å². The van der Waals surface area contributed by atoms with Gasteiger partial charge in [0.25, 0.3) is 20.2 Å². The van der Waals surface area contributed by atoms with Crippen LogP contribution in [0.25, 0.3) is 0 Å². The fourth-order valence-electron chi connectivity index (χ4n) is 7.46. The average molecular weight is 786 g/mol. The molecule has 3 aliphatic rings. The molecule has 16 heteroatoms. The van der Waals surface area contributed by atoms with Gasteiger partial charge in [-0.1, -0.05) is 20.3 Å². The average Bonchev–Trinajstić information content (AvgIpc) is 3.41. The van der Waals surface area contributed by atoms with E-state index in [0.717, 1.165) is 0 Å². The molecule has 0 saturated carbocycles. The molecule has 0 atom stereocenters. The van der Waals surface area contributed by atoms with E-state index in [1.165, 1.54) is 24.3 Å². The highest BCUT2D eigenvalue weighted by Gasteiger charge is 2.48. The molecule has 0 radical (unpaired) electrons. The molecule has 0 aromatic heterocycles. The number of anilines is 1. The Hall–Kier alpha value is -4.64. The number of nitrogens with zero attached hydrogens (tertiary/aromatic N) is 2. The van der Waals surface area contributed by atoms with Gasteiger partial charge >= 0.3 is 11.9 Å². The summed E-state index contributed by atoms with van der Waals surface area (Å²) >= 11 is 0. The van der Waals surface area contributed by atoms with Crippen LogP contribution in [-0.2, 0) is 45.4 Å². The van der Waals surface area contributed by atoms with E-state index in [2.05, 4.69) is 0 Å². The molecule has 290 valence electrons. The van der Waals surface area contributed by atoms with Crippen molar-refractivity contribution in [3.8, 4) is 0 Å². The van der Waals surface area contributed by atoms with E-state index in [4.69, 9.17) is 10.2 Å². The standard InChI is InChI=1S/C38H44N2O12S2/c1-37(2)27-19-23(53(47,48)49)13-15-29(27)39(17-9-5-7-11-33(41)42)31(37)21-25-35(45)26(36(25)46)22-32-38(3,4)28-20-24(54(50,51)52)14-16-30(28)40(32)18-10-6-8-12-34(43)44/h13-16,19-22H,5-12,17-18H2,1-4H3,(H4-,41,42,43,44,45,46,47,48,49,50,51,52)/p+1. The zero-order valence-electron chi connectivity index (χ0n) is 30.5. The minimum atomic E-state index is -4.53. The number of fused-ring (bicyclic) bond motifs is 2. The van der Waals surface area contributed by atoms with Gasteiger partial charge in [-0.25, -0.2) is 0 Å². The molecule has 2 heterocycles. The molecule has 0 fully saturated rings. The Kier molecular flexibility index (Phi) is 11.2. The van der Waals surface area contributed by atoms with Crippen LogP contribution in [0.15, 0.2) is 80.9 Å². The molecule has 54 heavy (non-hydrogen) atoms. The number of aliphatic carboxylic acids is 2. The maximum Gasteiger partial charge on any atom is 0.303 e. The predicted molar refractivity (Wildman–Crippen MR) is 199 cm³/mol. The third-order valence-corrected chi connectivity index (χ3v) is 12.1. The van der Waals surface area contributed by atoms with Crippen LogP contribution in [0, 0.1) is 0 Å². The minimum Gasteiger partial charge on any atom is -0.506 e. The van der Waals surface area contributed by atoms with Gasteiger partial charge in [0, 0.05) is 60.3 Å². The number of carbonyl (C=O) groups excluding carboxylic acids is 1. The molecule has 14 nitrogen and oxygen atoms in total. The van der Waals surface area contributed by atoms with Gasteiger partial charge in [0.05, 0.1) is 26.4 Å². The van der Waals surface area contributed by atoms with Crippen molar-refractivity contribution in [2.75, 3.05) is 18.0 Å². The molecule has 0 unspecified atom stereocenters. The number of carboxylic acid groups (broad SMARTS) is 2. The smallest absolute Gasteiger partial charge is 0.303 e. The Labute approximate surface area is 314 Å². The van der Waals surface area contributed by atoms with Crippen LogP contribution < -0.4 is 4.90 Å². The van der Waals surface area contributed by atoms with Crippen LogP contribution in [0.2, 0.25) is 0 Å². The number of aliphatic hydroxyl groups excluding tert-OH is 1. The lowest BCUT2D eigenvalue weighted by molar-refractivity contribution is -0.438. The highest BCUT2D eigenvalue weighted by molar-refractivity contribution is 7.86. The van der Waals surface area contributed by atoms with Crippen molar-refractivity contribution in [3.05, 3.63) is 82.3 Å². The molecule has 0 spiro atoms. The SMILES string of the molecule is CC1(C)C(/C=C2/C(=O)C(/C=C3\N(CCCCCC(=O)O)c4ccc(S(=O)(=O)O)cc4C3(C)C)=C2O)=[N+](CCCCCC(=O)O)c2ccc(S(=O)(=O)O)cc21. The monoisotopic (exact) mass is 785 g/mol. The Morgan fingerprint density at radius 3 is 1.87 bits per heavy atom. The number of carbonyl (C=O) groups is 3. The number of rotatable bonds is 16. The first kappa shape index (κ1) is 40.5. The first-order valence-electron chi connectivity index (χ1n) is 17.6. The van der Waals surface area contributed by atoms with Gasteiger partial charge in [-0.3, -0.25) is 23.5 Å². The van der Waals surface area contributed by atoms with Crippen molar-refractivity contribution in [3.63, 3.8) is 0 Å². The quantitative estimate of drug-likeness (QED) is 0.0583. The Bertz CT molecular complexity index is 2280. The first-order chi connectivity index (χ1) is 25.1. The summed E-state index contributed by atoms with van der Waals surface area (Å²) < 4.78 is 69.6. The second-order valence-corrected chi connectivity index (χ2v) is 17.7. The molecule has 2 aromatic carbocycles. The normalized spacial score (nSPS) is 19.1. The van der Waals surface area contributed by atoms with Gasteiger partial charge in [0.2, 0.25) is 11.5 Å². The molecule has 0 saturated heterocycles. The summed E-state index contributed by atoms with van der Waals surface area (Å²) in [5, 5.41) is 29.6. The molecular weight excluding hydrogens is 741 g/mol. The molecule has 0 amide bonds. The number of aliphatic hydroxyl groups is 1. The van der Waals surface area contributed by atoms with Gasteiger partial charge in [-0.15, -0.1) is 0 Å². The summed E-state index contributed by atoms with van der Waals surface area (Å²) in [6, 6.07) is 8.47. The summed E-state index contributed by atoms with van der Waals surface area (Å²) in [5.41, 5.74) is 1.84. The minimum absolute atomic E-state index is 0.0115. The van der Waals surface area contributed by atoms with Crippen molar-refractivity contribution in [1.29, 1.82) is 0 Å². The number of Topliss-reactive ketones (excluding diaryl/α,β-unsaturated/α-hetero) is 1. The number of carboxylic acids is 2. The second-order valence-electron chi connectivity index (χ2n) is 14.8. The summed E-state index contributed by atoms with van der Waals surface area (Å²) in [6.07, 6.45) is 6.39. The zero-order valence-corrected chi connectivity index (χ0v) is 32.1. The zero-order chi connectivity index (χ0) is 40.0. The third kappa shape index (κ3) is 7.92. The lowest BCUT2D eigenvalue weighted by Crippen LogP contribution is -2.32. The van der Waals surface area contributed by atoms with E-state index in [1.54, 1.807) is 24.3 Å². The van der Waals surface area contributed by atoms with Gasteiger partial charge < -0.3 is 20.2 Å². The summed E-state index contributed by atoms with van der Waals surface area (Å²) in [7, 11) is -9.06. The number of benzene rings is 2. The predicted octanol–water partition coefficient (Wildman–Crippen LogP) is 5.85. The van der Waals surface area contributed by atoms with Crippen LogP contribution in [0.1, 0.15) is 90.2 Å². The Morgan fingerprint density at radius 1 is 0.759 bits per heavy atom. The van der Waals surface area contributed by atoms with Crippen LogP contribution in [0.4, 0.5) is 11.4 Å². The number of hydrogen-bond acceptors (Lipinski definition) is 9. The molecule has 0 bridgehead atoms. The summed E-state index contributed by atoms with van der Waals surface area (Å²) in [5.74, 6) is -2.55. The first-order valence-corrected chi connectivity index (χ1v) is 20.5. The Balaban J connectivity index is 1.55. The number of ketones is 1. The number of unbranched alkanes of at least 4 members (excludes halogenated alkanes) is 4. The van der Waals surface area contributed by atoms with Gasteiger partial charge in [0.15, 0.2) is 5.71 Å². The maximum absolute atomic E-state index is 13.9. The Morgan fingerprint density at radius 2 is 1.31 bits per heavy atom. The van der Waals surface area contributed by atoms with E-state index in [0.29, 0.717) is 85.5 Å². The van der Waals surface area contributed by atoms with Crippen molar-refractivity contribution in [2.24, 2.45) is 0 Å². The lowest BCUT2D eigenvalue weighted by atomic mass is 9.77. The van der Waals surface area contributed by atoms with Crippen molar-refractivity contribution in [2.45, 2.75) is 99.7 Å². The highest BCUT2D eigenvalue weighted by atomic mass is 32.2. The van der Waals surface area contributed by atoms with Gasteiger partial charge in [-0.05, 0) is 81.5 Å². The maximum atomic E-state index is 13.9. The van der Waals surface area contributed by atoms with Crippen LogP contribution in [-0.4, -0.2) is 82.4 Å². The molecule has 5 N–H and O–H groups in total. The number of allylic oxidation sites excluding steroid dienone is 5. The highest BCUT2D eigenvalue weighted by Crippen LogP contribution is 2.50. The van der Waals surface area contributed by atoms with E-state index in [1.807, 2.05) is 37.2 Å². The fourth-order valence-corrected chi connectivity index (χ4v) is 8.48. The van der Waals surface area contributed by atoms with Crippen molar-refractivity contribution >= 4 is 55.0 Å². The lowest BCUT2D eigenvalue weighted by Gasteiger charge is -2.29. The largest absolute Gasteiger partial charge is 0.506 e. The third-order valence-electron chi connectivity index (χ3n) is 10.4. The number of hydrogen-bond donors (Lipinski definition) is 5. The van der Waals surface area contributed by atoms with Crippen LogP contribution in [0.3, 0.4) is 0 Å². The molecule has 2 aliphatic heterocycles. The van der Waals surface area contributed by atoms with Crippen molar-refractivity contribution in [1.82, 2.24) is 0 Å². The van der Waals surface area contributed by atoms with E-state index < -0.39 is 48.8 Å². The molecule has 1 aliphatic carbocycles. The second kappa shape index (κ2) is 14.9. The van der Waals surface area contributed by atoms with E-state index in [-0.39, 0.29) is 39.5 Å².